The van der Waals surface area contributed by atoms with Crippen molar-refractivity contribution in [1.82, 2.24) is 10.2 Å². The van der Waals surface area contributed by atoms with E-state index in [4.69, 9.17) is 0 Å². The lowest BCUT2D eigenvalue weighted by Gasteiger charge is -1.99. The van der Waals surface area contributed by atoms with Crippen LogP contribution < -0.4 is 0 Å². The number of aryl methyl sites for hydroxylation is 3. The Kier molecular flexibility index (Phi) is 4.06. The Labute approximate surface area is 127 Å². The Hall–Kier alpha value is -2.07. The van der Waals surface area contributed by atoms with Gasteiger partial charge in [-0.3, -0.25) is 0 Å². The van der Waals surface area contributed by atoms with Gasteiger partial charge in [0, 0.05) is 12.0 Å². The fourth-order valence-electron chi connectivity index (χ4n) is 2.07. The molecule has 0 saturated carbocycles. The van der Waals surface area contributed by atoms with Crippen LogP contribution in [-0.4, -0.2) is 10.2 Å². The monoisotopic (exact) mass is 298 g/mol. The van der Waals surface area contributed by atoms with Gasteiger partial charge in [-0.1, -0.05) is 41.2 Å². The molecule has 106 valence electrons. The van der Waals surface area contributed by atoms with Crippen molar-refractivity contribution in [2.75, 3.05) is 0 Å². The van der Waals surface area contributed by atoms with Crippen LogP contribution in [-0.2, 0) is 12.8 Å². The van der Waals surface area contributed by atoms with Crippen molar-refractivity contribution in [2.45, 2.75) is 19.8 Å². The number of nitrogens with zero attached hydrogens (tertiary/aromatic N) is 2. The summed E-state index contributed by atoms with van der Waals surface area (Å²) >= 11 is 1.57. The summed E-state index contributed by atoms with van der Waals surface area (Å²) in [4.78, 5) is 0. The molecule has 0 spiro atoms. The second-order valence-electron chi connectivity index (χ2n) is 4.99. The average molecular weight is 298 g/mol. The van der Waals surface area contributed by atoms with Crippen molar-refractivity contribution in [3.8, 4) is 10.6 Å². The maximum atomic E-state index is 12.9. The molecule has 1 heterocycles. The van der Waals surface area contributed by atoms with Gasteiger partial charge < -0.3 is 0 Å². The van der Waals surface area contributed by atoms with Gasteiger partial charge in [-0.15, -0.1) is 10.2 Å². The molecule has 21 heavy (non-hydrogen) atoms. The van der Waals surface area contributed by atoms with E-state index in [1.165, 1.54) is 23.3 Å². The lowest BCUT2D eigenvalue weighted by atomic mass is 10.1. The van der Waals surface area contributed by atoms with Crippen molar-refractivity contribution >= 4 is 11.3 Å². The van der Waals surface area contributed by atoms with E-state index in [1.807, 2.05) is 0 Å². The number of hydrogen-bond donors (Lipinski definition) is 0. The molecule has 0 unspecified atom stereocenters. The van der Waals surface area contributed by atoms with E-state index in [0.717, 1.165) is 28.4 Å². The standard InChI is InChI=1S/C17H15FN2S/c1-12-2-4-13(5-3-12)6-11-16-19-20-17(21-16)14-7-9-15(18)10-8-14/h2-5,7-10H,6,11H2,1H3. The molecule has 0 aliphatic rings. The first kappa shape index (κ1) is 13.9. The zero-order valence-electron chi connectivity index (χ0n) is 11.7. The first-order valence-corrected chi connectivity index (χ1v) is 7.66. The van der Waals surface area contributed by atoms with E-state index in [-0.39, 0.29) is 5.82 Å². The normalized spacial score (nSPS) is 10.8. The molecule has 1 aromatic heterocycles. The molecule has 0 N–H and O–H groups in total. The minimum absolute atomic E-state index is 0.233. The summed E-state index contributed by atoms with van der Waals surface area (Å²) in [5.41, 5.74) is 3.49. The Bertz CT molecular complexity index is 717. The second kappa shape index (κ2) is 6.14. The number of benzene rings is 2. The molecule has 0 bridgehead atoms. The Morgan fingerprint density at radius 3 is 2.33 bits per heavy atom. The van der Waals surface area contributed by atoms with Gasteiger partial charge in [0.2, 0.25) is 0 Å². The maximum Gasteiger partial charge on any atom is 0.147 e. The van der Waals surface area contributed by atoms with Crippen LogP contribution in [0, 0.1) is 12.7 Å². The quantitative estimate of drug-likeness (QED) is 0.711. The van der Waals surface area contributed by atoms with Crippen LogP contribution in [0.4, 0.5) is 4.39 Å². The largest absolute Gasteiger partial charge is 0.207 e. The van der Waals surface area contributed by atoms with E-state index < -0.39 is 0 Å². The predicted molar refractivity (Wildman–Crippen MR) is 83.9 cm³/mol. The summed E-state index contributed by atoms with van der Waals surface area (Å²) in [7, 11) is 0. The zero-order valence-corrected chi connectivity index (χ0v) is 12.5. The molecular formula is C17H15FN2S. The van der Waals surface area contributed by atoms with Crippen molar-refractivity contribution < 1.29 is 4.39 Å². The highest BCUT2D eigenvalue weighted by atomic mass is 32.1. The molecule has 0 aliphatic carbocycles. The summed E-state index contributed by atoms with van der Waals surface area (Å²) in [6, 6.07) is 14.9. The molecule has 0 saturated heterocycles. The minimum atomic E-state index is -0.233. The molecule has 0 radical (unpaired) electrons. The smallest absolute Gasteiger partial charge is 0.147 e. The SMILES string of the molecule is Cc1ccc(CCc2nnc(-c3ccc(F)cc3)s2)cc1. The topological polar surface area (TPSA) is 25.8 Å². The number of aromatic nitrogens is 2. The molecule has 2 nitrogen and oxygen atoms in total. The van der Waals surface area contributed by atoms with Gasteiger partial charge in [-0.25, -0.2) is 4.39 Å². The van der Waals surface area contributed by atoms with Gasteiger partial charge in [0.25, 0.3) is 0 Å². The average Bonchev–Trinajstić information content (AvgIpc) is 2.96. The third kappa shape index (κ3) is 3.52. The molecule has 2 aromatic carbocycles. The van der Waals surface area contributed by atoms with E-state index in [0.29, 0.717) is 0 Å². The van der Waals surface area contributed by atoms with Gasteiger partial charge in [0.1, 0.15) is 15.8 Å². The summed E-state index contributed by atoms with van der Waals surface area (Å²) < 4.78 is 12.9. The van der Waals surface area contributed by atoms with Crippen LogP contribution >= 0.6 is 11.3 Å². The number of halogens is 1. The lowest BCUT2D eigenvalue weighted by Crippen LogP contribution is -1.90. The molecule has 3 rings (SSSR count). The van der Waals surface area contributed by atoms with E-state index in [9.17, 15) is 4.39 Å². The van der Waals surface area contributed by atoms with Crippen molar-refractivity contribution in [3.05, 3.63) is 70.5 Å². The van der Waals surface area contributed by atoms with Crippen LogP contribution in [0.5, 0.6) is 0 Å². The highest BCUT2D eigenvalue weighted by molar-refractivity contribution is 7.14. The molecule has 0 atom stereocenters. The summed E-state index contributed by atoms with van der Waals surface area (Å²) in [6.07, 6.45) is 1.83. The van der Waals surface area contributed by atoms with Crippen LogP contribution in [0.15, 0.2) is 48.5 Å². The second-order valence-corrected chi connectivity index (χ2v) is 6.06. The molecular weight excluding hydrogens is 283 g/mol. The fourth-order valence-corrected chi connectivity index (χ4v) is 2.91. The minimum Gasteiger partial charge on any atom is -0.207 e. The van der Waals surface area contributed by atoms with Crippen LogP contribution in [0.2, 0.25) is 0 Å². The Morgan fingerprint density at radius 2 is 1.62 bits per heavy atom. The Balaban J connectivity index is 1.67. The van der Waals surface area contributed by atoms with Crippen LogP contribution in [0.25, 0.3) is 10.6 Å². The maximum absolute atomic E-state index is 12.9. The predicted octanol–water partition coefficient (Wildman–Crippen LogP) is 4.44. The molecule has 4 heteroatoms. The van der Waals surface area contributed by atoms with Gasteiger partial charge in [0.15, 0.2) is 0 Å². The lowest BCUT2D eigenvalue weighted by molar-refractivity contribution is 0.628. The summed E-state index contributed by atoms with van der Waals surface area (Å²) in [6.45, 7) is 2.09. The first-order chi connectivity index (χ1) is 10.2. The van der Waals surface area contributed by atoms with Gasteiger partial charge in [0.05, 0.1) is 0 Å². The molecule has 3 aromatic rings. The summed E-state index contributed by atoms with van der Waals surface area (Å²) in [5.74, 6) is -0.233. The van der Waals surface area contributed by atoms with E-state index in [2.05, 4.69) is 41.4 Å². The zero-order chi connectivity index (χ0) is 14.7. The Morgan fingerprint density at radius 1 is 0.905 bits per heavy atom. The highest BCUT2D eigenvalue weighted by Gasteiger charge is 2.07. The first-order valence-electron chi connectivity index (χ1n) is 6.84. The van der Waals surface area contributed by atoms with Gasteiger partial charge >= 0.3 is 0 Å². The molecule has 0 amide bonds. The third-order valence-electron chi connectivity index (χ3n) is 3.31. The van der Waals surface area contributed by atoms with E-state index >= 15 is 0 Å². The van der Waals surface area contributed by atoms with Crippen molar-refractivity contribution in [3.63, 3.8) is 0 Å². The highest BCUT2D eigenvalue weighted by Crippen LogP contribution is 2.24. The molecule has 0 fully saturated rings. The number of rotatable bonds is 4. The van der Waals surface area contributed by atoms with Gasteiger partial charge in [-0.05, 0) is 43.2 Å². The van der Waals surface area contributed by atoms with Crippen molar-refractivity contribution in [2.24, 2.45) is 0 Å². The van der Waals surface area contributed by atoms with E-state index in [1.54, 1.807) is 23.5 Å². The number of hydrogen-bond acceptors (Lipinski definition) is 3. The van der Waals surface area contributed by atoms with Crippen LogP contribution in [0.3, 0.4) is 0 Å². The molecule has 0 aliphatic heterocycles. The van der Waals surface area contributed by atoms with Crippen LogP contribution in [0.1, 0.15) is 16.1 Å². The van der Waals surface area contributed by atoms with Gasteiger partial charge in [-0.2, -0.15) is 0 Å². The summed E-state index contributed by atoms with van der Waals surface area (Å²) in [5, 5.41) is 10.3. The fraction of sp³-hybridized carbons (Fsp3) is 0.176. The van der Waals surface area contributed by atoms with Crippen molar-refractivity contribution in [1.29, 1.82) is 0 Å². The third-order valence-corrected chi connectivity index (χ3v) is 4.34.